The average molecular weight is 239 g/mol. The highest BCUT2D eigenvalue weighted by Gasteiger charge is 2.08. The number of allylic oxidation sites excluding steroid dienone is 1. The second-order valence-electron chi connectivity index (χ2n) is 4.69. The zero-order valence-electron chi connectivity index (χ0n) is 11.0. The first-order valence-electron chi connectivity index (χ1n) is 6.60. The molecule has 1 nitrogen and oxygen atoms in total. The first kappa shape index (κ1) is 12.8. The van der Waals surface area contributed by atoms with Crippen molar-refractivity contribution in [1.82, 2.24) is 5.32 Å². The molecule has 94 valence electrons. The summed E-state index contributed by atoms with van der Waals surface area (Å²) in [6, 6.07) is 15.7. The third kappa shape index (κ3) is 2.99. The Labute approximate surface area is 110 Å². The first-order chi connectivity index (χ1) is 8.85. The van der Waals surface area contributed by atoms with Crippen molar-refractivity contribution >= 4 is 10.8 Å². The lowest BCUT2D eigenvalue weighted by molar-refractivity contribution is 0.526. The lowest BCUT2D eigenvalue weighted by atomic mass is 9.97. The van der Waals surface area contributed by atoms with Crippen LogP contribution in [0.4, 0.5) is 0 Å². The molecule has 0 aliphatic rings. The summed E-state index contributed by atoms with van der Waals surface area (Å²) in [5, 5.41) is 6.10. The van der Waals surface area contributed by atoms with Crippen LogP contribution >= 0.6 is 0 Å². The normalized spacial score (nSPS) is 12.5. The van der Waals surface area contributed by atoms with Crippen LogP contribution in [0, 0.1) is 0 Å². The molecule has 0 aliphatic carbocycles. The fraction of sp³-hybridized carbons (Fsp3) is 0.294. The summed E-state index contributed by atoms with van der Waals surface area (Å²) in [4.78, 5) is 0. The Morgan fingerprint density at radius 1 is 1.17 bits per heavy atom. The van der Waals surface area contributed by atoms with Gasteiger partial charge in [0.05, 0.1) is 0 Å². The Balaban J connectivity index is 2.22. The van der Waals surface area contributed by atoms with Crippen LogP contribution in [0.25, 0.3) is 10.8 Å². The van der Waals surface area contributed by atoms with Gasteiger partial charge in [-0.05, 0) is 42.6 Å². The smallest absolute Gasteiger partial charge is 0.0108 e. The maximum Gasteiger partial charge on any atom is 0.0108 e. The van der Waals surface area contributed by atoms with E-state index in [4.69, 9.17) is 0 Å². The van der Waals surface area contributed by atoms with Crippen LogP contribution in [0.2, 0.25) is 0 Å². The van der Waals surface area contributed by atoms with Crippen molar-refractivity contribution in [2.45, 2.75) is 25.3 Å². The molecule has 2 rings (SSSR count). The maximum atomic E-state index is 3.80. The molecule has 1 heteroatoms. The van der Waals surface area contributed by atoms with Crippen molar-refractivity contribution in [2.75, 3.05) is 7.05 Å². The molecule has 0 aromatic heterocycles. The molecule has 0 amide bonds. The molecule has 0 saturated heterocycles. The first-order valence-corrected chi connectivity index (χ1v) is 6.60. The van der Waals surface area contributed by atoms with Gasteiger partial charge in [0.15, 0.2) is 0 Å². The third-order valence-corrected chi connectivity index (χ3v) is 3.47. The minimum Gasteiger partial charge on any atom is -0.317 e. The Morgan fingerprint density at radius 2 is 1.94 bits per heavy atom. The van der Waals surface area contributed by atoms with Crippen molar-refractivity contribution in [2.24, 2.45) is 0 Å². The quantitative estimate of drug-likeness (QED) is 0.753. The molecule has 1 atom stereocenters. The number of benzene rings is 2. The molecule has 0 fully saturated rings. The number of hydrogen-bond acceptors (Lipinski definition) is 1. The van der Waals surface area contributed by atoms with Crippen LogP contribution in [-0.2, 0) is 6.42 Å². The minimum atomic E-state index is 0.522. The maximum absolute atomic E-state index is 3.80. The van der Waals surface area contributed by atoms with Crippen molar-refractivity contribution in [3.8, 4) is 0 Å². The summed E-state index contributed by atoms with van der Waals surface area (Å²) in [6.45, 7) is 3.80. The molecule has 0 aliphatic heterocycles. The second-order valence-corrected chi connectivity index (χ2v) is 4.69. The standard InChI is InChI=1S/C17H21N/c1-3-4-11-16(18-2)13-15-10-7-9-14-8-5-6-12-17(14)15/h3,5-10,12,16,18H,1,4,11,13H2,2H3. The Kier molecular flexibility index (Phi) is 4.54. The van der Waals surface area contributed by atoms with E-state index in [1.165, 1.54) is 16.3 Å². The summed E-state index contributed by atoms with van der Waals surface area (Å²) in [5.41, 5.74) is 1.43. The van der Waals surface area contributed by atoms with Crippen LogP contribution in [0.15, 0.2) is 55.1 Å². The molecule has 0 bridgehead atoms. The van der Waals surface area contributed by atoms with Crippen molar-refractivity contribution in [3.05, 3.63) is 60.7 Å². The number of likely N-dealkylation sites (N-methyl/N-ethyl adjacent to an activating group) is 1. The van der Waals surface area contributed by atoms with Gasteiger partial charge in [-0.3, -0.25) is 0 Å². The van der Waals surface area contributed by atoms with E-state index in [2.05, 4.69) is 54.4 Å². The van der Waals surface area contributed by atoms with E-state index in [9.17, 15) is 0 Å². The molecular weight excluding hydrogens is 218 g/mol. The topological polar surface area (TPSA) is 12.0 Å². The predicted molar refractivity (Wildman–Crippen MR) is 79.9 cm³/mol. The van der Waals surface area contributed by atoms with Crippen molar-refractivity contribution < 1.29 is 0 Å². The molecule has 0 spiro atoms. The number of hydrogen-bond donors (Lipinski definition) is 1. The van der Waals surface area contributed by atoms with Gasteiger partial charge >= 0.3 is 0 Å². The largest absolute Gasteiger partial charge is 0.317 e. The number of rotatable bonds is 6. The highest BCUT2D eigenvalue weighted by molar-refractivity contribution is 5.85. The molecule has 0 radical (unpaired) electrons. The van der Waals surface area contributed by atoms with Crippen molar-refractivity contribution in [3.63, 3.8) is 0 Å². The zero-order chi connectivity index (χ0) is 12.8. The molecule has 18 heavy (non-hydrogen) atoms. The van der Waals surface area contributed by atoms with E-state index < -0.39 is 0 Å². The lowest BCUT2D eigenvalue weighted by Crippen LogP contribution is -2.27. The van der Waals surface area contributed by atoms with Gasteiger partial charge in [0.2, 0.25) is 0 Å². The second kappa shape index (κ2) is 6.36. The predicted octanol–water partition coefficient (Wildman–Crippen LogP) is 3.94. The monoisotopic (exact) mass is 239 g/mol. The highest BCUT2D eigenvalue weighted by atomic mass is 14.9. The average Bonchev–Trinajstić information content (AvgIpc) is 2.43. The van der Waals surface area contributed by atoms with E-state index in [0.29, 0.717) is 6.04 Å². The summed E-state index contributed by atoms with van der Waals surface area (Å²) in [7, 11) is 2.04. The molecule has 0 saturated carbocycles. The van der Waals surface area contributed by atoms with Gasteiger partial charge in [0.25, 0.3) is 0 Å². The summed E-state index contributed by atoms with van der Waals surface area (Å²) in [6.07, 6.45) is 5.28. The lowest BCUT2D eigenvalue weighted by Gasteiger charge is -2.16. The number of nitrogens with one attached hydrogen (secondary N) is 1. The van der Waals surface area contributed by atoms with Gasteiger partial charge in [-0.15, -0.1) is 6.58 Å². The SMILES string of the molecule is C=CCCC(Cc1cccc2ccccc12)NC. The van der Waals surface area contributed by atoms with Crippen LogP contribution < -0.4 is 5.32 Å². The van der Waals surface area contributed by atoms with E-state index >= 15 is 0 Å². The van der Waals surface area contributed by atoms with Gasteiger partial charge in [0.1, 0.15) is 0 Å². The Morgan fingerprint density at radius 3 is 2.72 bits per heavy atom. The van der Waals surface area contributed by atoms with E-state index in [-0.39, 0.29) is 0 Å². The van der Waals surface area contributed by atoms with Gasteiger partial charge < -0.3 is 5.32 Å². The summed E-state index contributed by atoms with van der Waals surface area (Å²) < 4.78 is 0. The fourth-order valence-corrected chi connectivity index (χ4v) is 2.40. The van der Waals surface area contributed by atoms with E-state index in [0.717, 1.165) is 19.3 Å². The molecule has 0 heterocycles. The summed E-state index contributed by atoms with van der Waals surface area (Å²) in [5.74, 6) is 0. The van der Waals surface area contributed by atoms with E-state index in [1.54, 1.807) is 0 Å². The van der Waals surface area contributed by atoms with Gasteiger partial charge in [-0.1, -0.05) is 48.5 Å². The third-order valence-electron chi connectivity index (χ3n) is 3.47. The molecular formula is C17H21N. The van der Waals surface area contributed by atoms with Crippen LogP contribution in [0.3, 0.4) is 0 Å². The van der Waals surface area contributed by atoms with E-state index in [1.807, 2.05) is 13.1 Å². The van der Waals surface area contributed by atoms with Crippen LogP contribution in [0.5, 0.6) is 0 Å². The van der Waals surface area contributed by atoms with Crippen molar-refractivity contribution in [1.29, 1.82) is 0 Å². The molecule has 2 aromatic carbocycles. The van der Waals surface area contributed by atoms with Crippen LogP contribution in [-0.4, -0.2) is 13.1 Å². The minimum absolute atomic E-state index is 0.522. The fourth-order valence-electron chi connectivity index (χ4n) is 2.40. The number of fused-ring (bicyclic) bond motifs is 1. The van der Waals surface area contributed by atoms with Gasteiger partial charge in [-0.25, -0.2) is 0 Å². The molecule has 1 N–H and O–H groups in total. The van der Waals surface area contributed by atoms with Gasteiger partial charge in [-0.2, -0.15) is 0 Å². The Bertz CT molecular complexity index is 511. The zero-order valence-corrected chi connectivity index (χ0v) is 11.0. The summed E-state index contributed by atoms with van der Waals surface area (Å²) >= 11 is 0. The van der Waals surface area contributed by atoms with Gasteiger partial charge in [0, 0.05) is 6.04 Å². The Hall–Kier alpha value is -1.60. The highest BCUT2D eigenvalue weighted by Crippen LogP contribution is 2.20. The molecule has 1 unspecified atom stereocenters. The molecule has 2 aromatic rings. The van der Waals surface area contributed by atoms with Crippen LogP contribution in [0.1, 0.15) is 18.4 Å².